The first-order chi connectivity index (χ1) is 10.1. The van der Waals surface area contributed by atoms with Gasteiger partial charge in [0.05, 0.1) is 5.92 Å². The van der Waals surface area contributed by atoms with Gasteiger partial charge >= 0.3 is 5.97 Å². The third-order valence-corrected chi connectivity index (χ3v) is 4.49. The summed E-state index contributed by atoms with van der Waals surface area (Å²) >= 11 is 0. The van der Waals surface area contributed by atoms with Crippen molar-refractivity contribution in [3.05, 3.63) is 0 Å². The lowest BCUT2D eigenvalue weighted by molar-refractivity contribution is -0.142. The highest BCUT2D eigenvalue weighted by atomic mass is 16.4. The Morgan fingerprint density at radius 3 is 1.86 bits per heavy atom. The van der Waals surface area contributed by atoms with E-state index in [1.54, 1.807) is 0 Å². The summed E-state index contributed by atoms with van der Waals surface area (Å²) < 4.78 is 0. The minimum Gasteiger partial charge on any atom is -0.481 e. The van der Waals surface area contributed by atoms with Gasteiger partial charge in [-0.3, -0.25) is 4.79 Å². The van der Waals surface area contributed by atoms with Gasteiger partial charge in [0.2, 0.25) is 0 Å². The number of carboxylic acid groups (broad SMARTS) is 1. The van der Waals surface area contributed by atoms with Crippen molar-refractivity contribution < 1.29 is 9.90 Å². The zero-order valence-corrected chi connectivity index (χ0v) is 14.7. The van der Waals surface area contributed by atoms with Gasteiger partial charge in [-0.15, -0.1) is 0 Å². The van der Waals surface area contributed by atoms with Crippen molar-refractivity contribution in [2.45, 2.75) is 104 Å². The molecule has 126 valence electrons. The van der Waals surface area contributed by atoms with Crippen LogP contribution in [0, 0.1) is 11.8 Å². The maximum atomic E-state index is 11.3. The van der Waals surface area contributed by atoms with Gasteiger partial charge in [0.15, 0.2) is 0 Å². The fourth-order valence-electron chi connectivity index (χ4n) is 3.04. The highest BCUT2D eigenvalue weighted by Gasteiger charge is 2.19. The summed E-state index contributed by atoms with van der Waals surface area (Å²) in [6.45, 7) is 6.65. The van der Waals surface area contributed by atoms with Gasteiger partial charge < -0.3 is 5.11 Å². The zero-order valence-electron chi connectivity index (χ0n) is 14.7. The quantitative estimate of drug-likeness (QED) is 0.353. The number of aliphatic carboxylic acids is 1. The third-order valence-electron chi connectivity index (χ3n) is 4.49. The van der Waals surface area contributed by atoms with Crippen molar-refractivity contribution in [2.24, 2.45) is 11.8 Å². The molecule has 0 aromatic rings. The Morgan fingerprint density at radius 2 is 1.29 bits per heavy atom. The van der Waals surface area contributed by atoms with E-state index in [0.717, 1.165) is 25.7 Å². The molecule has 2 nitrogen and oxygen atoms in total. The fourth-order valence-corrected chi connectivity index (χ4v) is 3.04. The first-order valence-electron chi connectivity index (χ1n) is 9.34. The SMILES string of the molecule is CCCCCCCCCC(C)CC(CCCCC)C(=O)O. The van der Waals surface area contributed by atoms with E-state index in [-0.39, 0.29) is 5.92 Å². The molecule has 0 rings (SSSR count). The van der Waals surface area contributed by atoms with E-state index in [9.17, 15) is 9.90 Å². The van der Waals surface area contributed by atoms with Gasteiger partial charge in [-0.2, -0.15) is 0 Å². The van der Waals surface area contributed by atoms with Gasteiger partial charge in [0.25, 0.3) is 0 Å². The van der Waals surface area contributed by atoms with Gasteiger partial charge in [-0.1, -0.05) is 91.4 Å². The van der Waals surface area contributed by atoms with Crippen molar-refractivity contribution in [2.75, 3.05) is 0 Å². The smallest absolute Gasteiger partial charge is 0.306 e. The number of unbranched alkanes of at least 4 members (excludes halogenated alkanes) is 8. The van der Waals surface area contributed by atoms with Crippen LogP contribution < -0.4 is 0 Å². The van der Waals surface area contributed by atoms with Crippen LogP contribution in [0.1, 0.15) is 104 Å². The molecule has 0 aliphatic carbocycles. The summed E-state index contributed by atoms with van der Waals surface area (Å²) in [7, 11) is 0. The predicted octanol–water partition coefficient (Wildman–Crippen LogP) is 6.43. The van der Waals surface area contributed by atoms with Gasteiger partial charge in [-0.25, -0.2) is 0 Å². The average Bonchev–Trinajstić information content (AvgIpc) is 2.45. The van der Waals surface area contributed by atoms with Crippen molar-refractivity contribution in [3.63, 3.8) is 0 Å². The van der Waals surface area contributed by atoms with Crippen molar-refractivity contribution >= 4 is 5.97 Å². The summed E-state index contributed by atoms with van der Waals surface area (Å²) in [6, 6.07) is 0. The number of hydrogen-bond donors (Lipinski definition) is 1. The van der Waals surface area contributed by atoms with E-state index in [0.29, 0.717) is 5.92 Å². The molecule has 0 radical (unpaired) electrons. The molecule has 0 fully saturated rings. The van der Waals surface area contributed by atoms with E-state index < -0.39 is 5.97 Å². The molecule has 21 heavy (non-hydrogen) atoms. The lowest BCUT2D eigenvalue weighted by atomic mass is 9.88. The number of hydrogen-bond acceptors (Lipinski definition) is 1. The highest BCUT2D eigenvalue weighted by molar-refractivity contribution is 5.69. The Kier molecular flexibility index (Phi) is 14.0. The zero-order chi connectivity index (χ0) is 15.9. The van der Waals surface area contributed by atoms with E-state index >= 15 is 0 Å². The van der Waals surface area contributed by atoms with Crippen LogP contribution in [-0.2, 0) is 4.79 Å². The monoisotopic (exact) mass is 298 g/mol. The molecule has 0 aromatic carbocycles. The highest BCUT2D eigenvalue weighted by Crippen LogP contribution is 2.23. The average molecular weight is 299 g/mol. The molecule has 1 N–H and O–H groups in total. The van der Waals surface area contributed by atoms with Crippen LogP contribution in [0.2, 0.25) is 0 Å². The second kappa shape index (κ2) is 14.4. The Hall–Kier alpha value is -0.530. The van der Waals surface area contributed by atoms with Crippen molar-refractivity contribution in [1.82, 2.24) is 0 Å². The topological polar surface area (TPSA) is 37.3 Å². The Balaban J connectivity index is 3.67. The Bertz CT molecular complexity index is 238. The number of carboxylic acids is 1. The molecule has 0 bridgehead atoms. The molecule has 2 unspecified atom stereocenters. The molecule has 0 heterocycles. The first kappa shape index (κ1) is 20.5. The summed E-state index contributed by atoms with van der Waals surface area (Å²) in [4.78, 5) is 11.3. The molecule has 0 amide bonds. The van der Waals surface area contributed by atoms with Gasteiger partial charge in [-0.05, 0) is 18.8 Å². The largest absolute Gasteiger partial charge is 0.481 e. The van der Waals surface area contributed by atoms with Gasteiger partial charge in [0, 0.05) is 0 Å². The molecule has 0 aliphatic rings. The minimum absolute atomic E-state index is 0.115. The standard InChI is InChI=1S/C19H38O2/c1-4-6-8-9-10-11-13-14-17(3)16-18(19(20)21)15-12-7-5-2/h17-18H,4-16H2,1-3H3,(H,20,21). The molecule has 0 saturated heterocycles. The second-order valence-electron chi connectivity index (χ2n) is 6.78. The molecule has 2 atom stereocenters. The maximum absolute atomic E-state index is 11.3. The molecular weight excluding hydrogens is 260 g/mol. The lowest BCUT2D eigenvalue weighted by Gasteiger charge is -2.17. The minimum atomic E-state index is -0.586. The molecule has 0 aliphatic heterocycles. The van der Waals surface area contributed by atoms with E-state index in [1.165, 1.54) is 57.8 Å². The normalized spacial score (nSPS) is 14.0. The van der Waals surface area contributed by atoms with Crippen LogP contribution in [0.15, 0.2) is 0 Å². The van der Waals surface area contributed by atoms with Gasteiger partial charge in [0.1, 0.15) is 0 Å². The third kappa shape index (κ3) is 12.9. The van der Waals surface area contributed by atoms with Crippen LogP contribution in [0.25, 0.3) is 0 Å². The number of rotatable bonds is 15. The van der Waals surface area contributed by atoms with Crippen molar-refractivity contribution in [3.8, 4) is 0 Å². The predicted molar refractivity (Wildman–Crippen MR) is 91.7 cm³/mol. The Morgan fingerprint density at radius 1 is 0.810 bits per heavy atom. The van der Waals surface area contributed by atoms with E-state index in [2.05, 4.69) is 20.8 Å². The van der Waals surface area contributed by atoms with Crippen molar-refractivity contribution in [1.29, 1.82) is 0 Å². The lowest BCUT2D eigenvalue weighted by Crippen LogP contribution is -2.17. The van der Waals surface area contributed by atoms with Crippen LogP contribution in [0.5, 0.6) is 0 Å². The van der Waals surface area contributed by atoms with Crippen LogP contribution in [0.4, 0.5) is 0 Å². The summed E-state index contributed by atoms with van der Waals surface area (Å²) in [5.74, 6) is -0.142. The Labute approximate surface area is 132 Å². The van der Waals surface area contributed by atoms with Crippen LogP contribution >= 0.6 is 0 Å². The fraction of sp³-hybridized carbons (Fsp3) is 0.947. The summed E-state index contributed by atoms with van der Waals surface area (Å²) in [6.07, 6.45) is 15.7. The maximum Gasteiger partial charge on any atom is 0.306 e. The molecule has 0 spiro atoms. The van der Waals surface area contributed by atoms with E-state index in [4.69, 9.17) is 0 Å². The summed E-state index contributed by atoms with van der Waals surface area (Å²) in [5, 5.41) is 9.31. The molecular formula is C19H38O2. The second-order valence-corrected chi connectivity index (χ2v) is 6.78. The number of carbonyl (C=O) groups is 1. The first-order valence-corrected chi connectivity index (χ1v) is 9.34. The summed E-state index contributed by atoms with van der Waals surface area (Å²) in [5.41, 5.74) is 0. The van der Waals surface area contributed by atoms with Crippen LogP contribution in [0.3, 0.4) is 0 Å². The van der Waals surface area contributed by atoms with E-state index in [1.807, 2.05) is 0 Å². The molecule has 0 saturated carbocycles. The van der Waals surface area contributed by atoms with Crippen LogP contribution in [-0.4, -0.2) is 11.1 Å². The molecule has 0 aromatic heterocycles. The molecule has 2 heteroatoms.